The van der Waals surface area contributed by atoms with E-state index in [0.29, 0.717) is 23.5 Å². The lowest BCUT2D eigenvalue weighted by molar-refractivity contribution is 0.0246. The molecule has 0 bridgehead atoms. The summed E-state index contributed by atoms with van der Waals surface area (Å²) >= 11 is 0. The fourth-order valence-electron chi connectivity index (χ4n) is 3.49. The standard InChI is InChI=1S/C25H35NO4/c1-4-20(8-7-11-25(29,5-2)6-3)22-12-19(14-26-15-22)18-30-24-10-9-21(16-27)23(13-24)17-28/h8-10,12-15,27-29H,4-7,11,16-18H2,1-3H3/b20-8+. The molecule has 0 saturated carbocycles. The van der Waals surface area contributed by atoms with E-state index in [1.165, 1.54) is 5.57 Å². The van der Waals surface area contributed by atoms with Crippen LogP contribution in [0.4, 0.5) is 0 Å². The van der Waals surface area contributed by atoms with E-state index in [4.69, 9.17) is 4.74 Å². The van der Waals surface area contributed by atoms with Crippen molar-refractivity contribution < 1.29 is 20.1 Å². The number of aliphatic hydroxyl groups is 3. The zero-order chi connectivity index (χ0) is 22.0. The van der Waals surface area contributed by atoms with Gasteiger partial charge in [-0.1, -0.05) is 32.9 Å². The Kier molecular flexibility index (Phi) is 9.50. The molecule has 2 rings (SSSR count). The molecule has 0 radical (unpaired) electrons. The lowest BCUT2D eigenvalue weighted by Gasteiger charge is -2.24. The Bertz CT molecular complexity index is 828. The molecule has 0 aliphatic heterocycles. The molecule has 0 fully saturated rings. The molecule has 0 atom stereocenters. The molecule has 3 N–H and O–H groups in total. The minimum atomic E-state index is -0.581. The van der Waals surface area contributed by atoms with E-state index in [1.807, 2.05) is 20.0 Å². The van der Waals surface area contributed by atoms with Gasteiger partial charge in [0.05, 0.1) is 18.8 Å². The predicted molar refractivity (Wildman–Crippen MR) is 120 cm³/mol. The number of aromatic nitrogens is 1. The lowest BCUT2D eigenvalue weighted by atomic mass is 9.91. The molecule has 0 amide bonds. The van der Waals surface area contributed by atoms with Crippen molar-refractivity contribution in [2.75, 3.05) is 0 Å². The molecule has 0 spiro atoms. The van der Waals surface area contributed by atoms with Crippen molar-refractivity contribution in [1.29, 1.82) is 0 Å². The summed E-state index contributed by atoms with van der Waals surface area (Å²) in [5, 5.41) is 29.2. The van der Waals surface area contributed by atoms with E-state index < -0.39 is 5.60 Å². The third kappa shape index (κ3) is 6.66. The van der Waals surface area contributed by atoms with Crippen LogP contribution in [0, 0.1) is 0 Å². The number of rotatable bonds is 12. The summed E-state index contributed by atoms with van der Waals surface area (Å²) in [5.41, 5.74) is 4.03. The smallest absolute Gasteiger partial charge is 0.120 e. The van der Waals surface area contributed by atoms with Gasteiger partial charge in [-0.15, -0.1) is 0 Å². The third-order valence-electron chi connectivity index (χ3n) is 5.79. The highest BCUT2D eigenvalue weighted by atomic mass is 16.5. The average molecular weight is 414 g/mol. The van der Waals surface area contributed by atoms with Gasteiger partial charge in [-0.05, 0) is 72.6 Å². The second-order valence-electron chi connectivity index (χ2n) is 7.67. The molecular formula is C25H35NO4. The Morgan fingerprint density at radius 3 is 2.40 bits per heavy atom. The van der Waals surface area contributed by atoms with Crippen molar-refractivity contribution in [3.8, 4) is 5.75 Å². The van der Waals surface area contributed by atoms with E-state index in [-0.39, 0.29) is 13.2 Å². The molecule has 1 aromatic carbocycles. The summed E-state index contributed by atoms with van der Waals surface area (Å²) in [5.74, 6) is 0.645. The second kappa shape index (κ2) is 11.8. The van der Waals surface area contributed by atoms with E-state index >= 15 is 0 Å². The quantitative estimate of drug-likeness (QED) is 0.467. The van der Waals surface area contributed by atoms with Crippen LogP contribution in [-0.2, 0) is 19.8 Å². The molecule has 2 aromatic rings. The van der Waals surface area contributed by atoms with Gasteiger partial charge in [0.25, 0.3) is 0 Å². The molecule has 0 unspecified atom stereocenters. The largest absolute Gasteiger partial charge is 0.489 e. The summed E-state index contributed by atoms with van der Waals surface area (Å²) in [6, 6.07) is 7.40. The first-order chi connectivity index (χ1) is 14.5. The minimum Gasteiger partial charge on any atom is -0.489 e. The Labute approximate surface area is 180 Å². The van der Waals surface area contributed by atoms with E-state index in [1.54, 1.807) is 24.4 Å². The second-order valence-corrected chi connectivity index (χ2v) is 7.67. The van der Waals surface area contributed by atoms with Gasteiger partial charge in [-0.2, -0.15) is 0 Å². The van der Waals surface area contributed by atoms with Gasteiger partial charge in [0.2, 0.25) is 0 Å². The van der Waals surface area contributed by atoms with Gasteiger partial charge in [-0.3, -0.25) is 4.98 Å². The highest BCUT2D eigenvalue weighted by molar-refractivity contribution is 5.65. The molecule has 1 heterocycles. The van der Waals surface area contributed by atoms with Crippen molar-refractivity contribution in [3.05, 3.63) is 65.0 Å². The maximum atomic E-state index is 10.5. The van der Waals surface area contributed by atoms with Gasteiger partial charge in [0, 0.05) is 18.0 Å². The monoisotopic (exact) mass is 413 g/mol. The van der Waals surface area contributed by atoms with Gasteiger partial charge in [-0.25, -0.2) is 0 Å². The van der Waals surface area contributed by atoms with Crippen molar-refractivity contribution in [2.24, 2.45) is 0 Å². The maximum Gasteiger partial charge on any atom is 0.120 e. The third-order valence-corrected chi connectivity index (χ3v) is 5.79. The van der Waals surface area contributed by atoms with Gasteiger partial charge in [0.1, 0.15) is 12.4 Å². The number of ether oxygens (including phenoxy) is 1. The number of benzene rings is 1. The predicted octanol–water partition coefficient (Wildman–Crippen LogP) is 4.77. The number of allylic oxidation sites excluding steroid dienone is 2. The Morgan fingerprint density at radius 2 is 1.77 bits per heavy atom. The summed E-state index contributed by atoms with van der Waals surface area (Å²) in [6.45, 7) is 6.30. The summed E-state index contributed by atoms with van der Waals surface area (Å²) in [7, 11) is 0. The SMILES string of the molecule is CC/C(=C\CCC(O)(CC)CC)c1cncc(COc2ccc(CO)c(CO)c2)c1. The van der Waals surface area contributed by atoms with Crippen molar-refractivity contribution in [2.45, 2.75) is 78.3 Å². The highest BCUT2D eigenvalue weighted by Crippen LogP contribution is 2.25. The van der Waals surface area contributed by atoms with Crippen LogP contribution < -0.4 is 4.74 Å². The molecule has 0 aliphatic rings. The first-order valence-electron chi connectivity index (χ1n) is 10.8. The van der Waals surface area contributed by atoms with Gasteiger partial charge in [0.15, 0.2) is 0 Å². The first-order valence-corrected chi connectivity index (χ1v) is 10.8. The van der Waals surface area contributed by atoms with E-state index in [0.717, 1.165) is 43.2 Å². The van der Waals surface area contributed by atoms with Crippen LogP contribution in [0.3, 0.4) is 0 Å². The molecule has 1 aromatic heterocycles. The van der Waals surface area contributed by atoms with E-state index in [9.17, 15) is 15.3 Å². The normalized spacial score (nSPS) is 12.3. The molecular weight excluding hydrogens is 378 g/mol. The topological polar surface area (TPSA) is 82.8 Å². The Balaban J connectivity index is 2.06. The van der Waals surface area contributed by atoms with Crippen LogP contribution in [0.1, 0.15) is 75.1 Å². The maximum absolute atomic E-state index is 10.5. The van der Waals surface area contributed by atoms with Gasteiger partial charge < -0.3 is 20.1 Å². The zero-order valence-electron chi connectivity index (χ0n) is 18.4. The van der Waals surface area contributed by atoms with Crippen LogP contribution in [0.2, 0.25) is 0 Å². The summed E-state index contributed by atoms with van der Waals surface area (Å²) in [6.07, 6.45) is 9.89. The van der Waals surface area contributed by atoms with Crippen molar-refractivity contribution in [1.82, 2.24) is 4.98 Å². The van der Waals surface area contributed by atoms with Crippen LogP contribution in [0.25, 0.3) is 5.57 Å². The first kappa shape index (κ1) is 24.1. The van der Waals surface area contributed by atoms with Crippen LogP contribution in [0.5, 0.6) is 5.75 Å². The fourth-order valence-corrected chi connectivity index (χ4v) is 3.49. The van der Waals surface area contributed by atoms with Crippen LogP contribution >= 0.6 is 0 Å². The average Bonchev–Trinajstić information content (AvgIpc) is 2.80. The molecule has 164 valence electrons. The van der Waals surface area contributed by atoms with Gasteiger partial charge >= 0.3 is 0 Å². The number of pyridine rings is 1. The Hall–Kier alpha value is -2.21. The molecule has 0 saturated heterocycles. The fraction of sp³-hybridized carbons (Fsp3) is 0.480. The number of hydrogen-bond donors (Lipinski definition) is 3. The summed E-state index contributed by atoms with van der Waals surface area (Å²) < 4.78 is 5.87. The Morgan fingerprint density at radius 1 is 1.03 bits per heavy atom. The number of nitrogens with zero attached hydrogens (tertiary/aromatic N) is 1. The zero-order valence-corrected chi connectivity index (χ0v) is 18.4. The van der Waals surface area contributed by atoms with E-state index in [2.05, 4.69) is 24.1 Å². The highest BCUT2D eigenvalue weighted by Gasteiger charge is 2.20. The van der Waals surface area contributed by atoms with Crippen molar-refractivity contribution >= 4 is 5.57 Å². The van der Waals surface area contributed by atoms with Crippen molar-refractivity contribution in [3.63, 3.8) is 0 Å². The number of aliphatic hydroxyl groups excluding tert-OH is 2. The lowest BCUT2D eigenvalue weighted by Crippen LogP contribution is -2.25. The molecule has 5 heteroatoms. The van der Waals surface area contributed by atoms with Crippen LogP contribution in [0.15, 0.2) is 42.7 Å². The molecule has 0 aliphatic carbocycles. The summed E-state index contributed by atoms with van der Waals surface area (Å²) in [4.78, 5) is 4.37. The minimum absolute atomic E-state index is 0.109. The molecule has 5 nitrogen and oxygen atoms in total. The number of hydrogen-bond acceptors (Lipinski definition) is 5. The van der Waals surface area contributed by atoms with Crippen LogP contribution in [-0.4, -0.2) is 25.9 Å². The molecule has 30 heavy (non-hydrogen) atoms.